The maximum Gasteiger partial charge on any atom is 0.250 e. The Hall–Kier alpha value is -1.94. The third kappa shape index (κ3) is 2.74. The first kappa shape index (κ1) is 13.5. The van der Waals surface area contributed by atoms with E-state index in [0.29, 0.717) is 5.56 Å². The fraction of sp³-hybridized carbons (Fsp3) is 0.333. The van der Waals surface area contributed by atoms with E-state index < -0.39 is 0 Å². The van der Waals surface area contributed by atoms with Crippen LogP contribution < -0.4 is 5.56 Å². The van der Waals surface area contributed by atoms with Gasteiger partial charge in [0.15, 0.2) is 0 Å². The molecule has 19 heavy (non-hydrogen) atoms. The van der Waals surface area contributed by atoms with Gasteiger partial charge in [0.05, 0.1) is 12.3 Å². The molecule has 4 nitrogen and oxygen atoms in total. The second kappa shape index (κ2) is 4.97. The summed E-state index contributed by atoms with van der Waals surface area (Å²) in [6.07, 6.45) is 1.66. The van der Waals surface area contributed by atoms with E-state index >= 15 is 0 Å². The molecule has 4 heteroatoms. The van der Waals surface area contributed by atoms with Crippen molar-refractivity contribution in [2.45, 2.75) is 26.2 Å². The van der Waals surface area contributed by atoms with E-state index in [1.807, 2.05) is 38.1 Å². The van der Waals surface area contributed by atoms with Crippen LogP contribution in [0.1, 0.15) is 25.1 Å². The van der Waals surface area contributed by atoms with Crippen LogP contribution in [0.25, 0.3) is 11.3 Å². The lowest BCUT2D eigenvalue weighted by atomic mass is 9.89. The zero-order valence-electron chi connectivity index (χ0n) is 11.4. The van der Waals surface area contributed by atoms with E-state index in [1.54, 1.807) is 13.1 Å². The maximum atomic E-state index is 11.4. The SMILES string of the molecule is Cc1cc(-c2cccc(C(C)(C)CO)n2)c[nH]c1=O. The minimum Gasteiger partial charge on any atom is -0.395 e. The normalized spacial score (nSPS) is 11.6. The fourth-order valence-electron chi connectivity index (χ4n) is 1.80. The second-order valence-corrected chi connectivity index (χ2v) is 5.35. The smallest absolute Gasteiger partial charge is 0.250 e. The molecule has 0 saturated heterocycles. The molecule has 2 aromatic rings. The summed E-state index contributed by atoms with van der Waals surface area (Å²) in [5.41, 5.74) is 2.68. The lowest BCUT2D eigenvalue weighted by Crippen LogP contribution is -2.23. The molecule has 0 aliphatic heterocycles. The summed E-state index contributed by atoms with van der Waals surface area (Å²) in [6, 6.07) is 7.52. The highest BCUT2D eigenvalue weighted by Gasteiger charge is 2.21. The highest BCUT2D eigenvalue weighted by molar-refractivity contribution is 5.58. The summed E-state index contributed by atoms with van der Waals surface area (Å²) in [6.45, 7) is 5.69. The van der Waals surface area contributed by atoms with Crippen LogP contribution >= 0.6 is 0 Å². The number of rotatable bonds is 3. The third-order valence-electron chi connectivity index (χ3n) is 3.22. The number of hydrogen-bond donors (Lipinski definition) is 2. The Morgan fingerprint density at radius 3 is 2.74 bits per heavy atom. The van der Waals surface area contributed by atoms with Crippen molar-refractivity contribution in [3.8, 4) is 11.3 Å². The van der Waals surface area contributed by atoms with Crippen molar-refractivity contribution in [3.05, 3.63) is 52.1 Å². The Kier molecular flexibility index (Phi) is 3.53. The molecular formula is C15H18N2O2. The van der Waals surface area contributed by atoms with Crippen molar-refractivity contribution in [2.75, 3.05) is 6.61 Å². The predicted molar refractivity (Wildman–Crippen MR) is 75.1 cm³/mol. The number of aliphatic hydroxyl groups is 1. The van der Waals surface area contributed by atoms with Gasteiger partial charge in [-0.2, -0.15) is 0 Å². The molecule has 2 rings (SSSR count). The summed E-state index contributed by atoms with van der Waals surface area (Å²) in [5.74, 6) is 0. The Balaban J connectivity index is 2.49. The molecule has 2 heterocycles. The summed E-state index contributed by atoms with van der Waals surface area (Å²) >= 11 is 0. The van der Waals surface area contributed by atoms with Crippen LogP contribution in [0.5, 0.6) is 0 Å². The largest absolute Gasteiger partial charge is 0.395 e. The highest BCUT2D eigenvalue weighted by Crippen LogP contribution is 2.23. The van der Waals surface area contributed by atoms with Crippen LogP contribution in [0.3, 0.4) is 0 Å². The summed E-state index contributed by atoms with van der Waals surface area (Å²) in [4.78, 5) is 18.6. The predicted octanol–water partition coefficient (Wildman–Crippen LogP) is 2.02. The van der Waals surface area contributed by atoms with Gasteiger partial charge in [0.25, 0.3) is 5.56 Å². The first-order valence-electron chi connectivity index (χ1n) is 6.22. The van der Waals surface area contributed by atoms with Crippen LogP contribution in [0.2, 0.25) is 0 Å². The van der Waals surface area contributed by atoms with Gasteiger partial charge in [-0.05, 0) is 25.1 Å². The Morgan fingerprint density at radius 1 is 1.37 bits per heavy atom. The summed E-state index contributed by atoms with van der Waals surface area (Å²) in [5, 5.41) is 9.40. The molecule has 0 aromatic carbocycles. The highest BCUT2D eigenvalue weighted by atomic mass is 16.3. The average Bonchev–Trinajstić information content (AvgIpc) is 2.42. The van der Waals surface area contributed by atoms with E-state index in [9.17, 15) is 9.90 Å². The van der Waals surface area contributed by atoms with Gasteiger partial charge in [0, 0.05) is 28.4 Å². The van der Waals surface area contributed by atoms with Crippen molar-refractivity contribution in [2.24, 2.45) is 0 Å². The molecule has 0 unspecified atom stereocenters. The van der Waals surface area contributed by atoms with Gasteiger partial charge in [-0.1, -0.05) is 19.9 Å². The molecule has 2 aromatic heterocycles. The van der Waals surface area contributed by atoms with Gasteiger partial charge in [0.1, 0.15) is 0 Å². The molecule has 0 atom stereocenters. The van der Waals surface area contributed by atoms with Gasteiger partial charge < -0.3 is 10.1 Å². The number of hydrogen-bond acceptors (Lipinski definition) is 3. The standard InChI is InChI=1S/C15H18N2O2/c1-10-7-11(8-16-14(10)19)12-5-4-6-13(17-12)15(2,3)9-18/h4-8,18H,9H2,1-3H3,(H,16,19). The molecule has 100 valence electrons. The third-order valence-corrected chi connectivity index (χ3v) is 3.22. The van der Waals surface area contributed by atoms with Gasteiger partial charge in [-0.15, -0.1) is 0 Å². The molecule has 0 amide bonds. The van der Waals surface area contributed by atoms with Crippen LogP contribution in [-0.4, -0.2) is 21.7 Å². The molecule has 0 aliphatic carbocycles. The van der Waals surface area contributed by atoms with Crippen molar-refractivity contribution in [3.63, 3.8) is 0 Å². The molecule has 0 fully saturated rings. The van der Waals surface area contributed by atoms with E-state index in [1.165, 1.54) is 0 Å². The number of aromatic amines is 1. The molecule has 2 N–H and O–H groups in total. The van der Waals surface area contributed by atoms with Gasteiger partial charge in [0.2, 0.25) is 0 Å². The van der Waals surface area contributed by atoms with Crippen LogP contribution in [0.4, 0.5) is 0 Å². The van der Waals surface area contributed by atoms with E-state index in [2.05, 4.69) is 9.97 Å². The van der Waals surface area contributed by atoms with Gasteiger partial charge >= 0.3 is 0 Å². The van der Waals surface area contributed by atoms with Gasteiger partial charge in [-0.3, -0.25) is 9.78 Å². The zero-order valence-corrected chi connectivity index (χ0v) is 11.4. The fourth-order valence-corrected chi connectivity index (χ4v) is 1.80. The number of nitrogens with zero attached hydrogens (tertiary/aromatic N) is 1. The number of pyridine rings is 2. The number of aromatic nitrogens is 2. The molecule has 0 saturated carbocycles. The Bertz CT molecular complexity index is 645. The number of nitrogens with one attached hydrogen (secondary N) is 1. The first-order chi connectivity index (χ1) is 8.94. The quantitative estimate of drug-likeness (QED) is 0.885. The molecular weight excluding hydrogens is 240 g/mol. The van der Waals surface area contributed by atoms with E-state index in [0.717, 1.165) is 17.0 Å². The minimum atomic E-state index is -0.382. The monoisotopic (exact) mass is 258 g/mol. The second-order valence-electron chi connectivity index (χ2n) is 5.35. The van der Waals surface area contributed by atoms with Crippen LogP contribution in [0.15, 0.2) is 35.3 Å². The van der Waals surface area contributed by atoms with Crippen molar-refractivity contribution < 1.29 is 5.11 Å². The van der Waals surface area contributed by atoms with Gasteiger partial charge in [-0.25, -0.2) is 0 Å². The summed E-state index contributed by atoms with van der Waals surface area (Å²) < 4.78 is 0. The lowest BCUT2D eigenvalue weighted by Gasteiger charge is -2.21. The van der Waals surface area contributed by atoms with Crippen molar-refractivity contribution >= 4 is 0 Å². The van der Waals surface area contributed by atoms with Crippen molar-refractivity contribution in [1.29, 1.82) is 0 Å². The van der Waals surface area contributed by atoms with Crippen LogP contribution in [-0.2, 0) is 5.41 Å². The molecule has 0 radical (unpaired) electrons. The lowest BCUT2D eigenvalue weighted by molar-refractivity contribution is 0.215. The van der Waals surface area contributed by atoms with Crippen LogP contribution in [0, 0.1) is 6.92 Å². The van der Waals surface area contributed by atoms with Crippen molar-refractivity contribution in [1.82, 2.24) is 9.97 Å². The average molecular weight is 258 g/mol. The topological polar surface area (TPSA) is 66.0 Å². The summed E-state index contributed by atoms with van der Waals surface area (Å²) in [7, 11) is 0. The zero-order chi connectivity index (χ0) is 14.0. The number of aryl methyl sites for hydroxylation is 1. The minimum absolute atomic E-state index is 0.0358. The number of H-pyrrole nitrogens is 1. The molecule has 0 aliphatic rings. The van der Waals surface area contributed by atoms with E-state index in [4.69, 9.17) is 0 Å². The molecule has 0 spiro atoms. The molecule has 0 bridgehead atoms. The first-order valence-corrected chi connectivity index (χ1v) is 6.22. The maximum absolute atomic E-state index is 11.4. The Labute approximate surface area is 112 Å². The van der Waals surface area contributed by atoms with E-state index in [-0.39, 0.29) is 17.6 Å². The number of aliphatic hydroxyl groups excluding tert-OH is 1. The Morgan fingerprint density at radius 2 is 2.11 bits per heavy atom.